The van der Waals surface area contributed by atoms with Crippen molar-refractivity contribution in [3.05, 3.63) is 37.0 Å². The number of allylic oxidation sites excluding steroid dienone is 5. The number of carboxylic acid groups (broad SMARTS) is 1. The van der Waals surface area contributed by atoms with Crippen LogP contribution < -0.4 is 0 Å². The molecule has 0 saturated carbocycles. The van der Waals surface area contributed by atoms with E-state index in [4.69, 9.17) is 5.11 Å². The summed E-state index contributed by atoms with van der Waals surface area (Å²) in [6.45, 7) is 21.8. The Balaban J connectivity index is -0.000000324. The van der Waals surface area contributed by atoms with Crippen LogP contribution in [0.5, 0.6) is 0 Å². The molecule has 1 heterocycles. The normalized spacial score (nSPS) is 16.8. The minimum Gasteiger partial charge on any atom is -0.481 e. The molecule has 0 aromatic carbocycles. The molecular formula is C22H43NO2. The second kappa shape index (κ2) is 20.7. The van der Waals surface area contributed by atoms with Gasteiger partial charge in [0.15, 0.2) is 0 Å². The number of hydrogen-bond donors (Lipinski definition) is 1. The highest BCUT2D eigenvalue weighted by Crippen LogP contribution is 2.18. The summed E-state index contributed by atoms with van der Waals surface area (Å²) in [5.74, 6) is -0.126. The number of nitrogens with zero attached hydrogens (tertiary/aromatic N) is 1. The van der Waals surface area contributed by atoms with Crippen molar-refractivity contribution < 1.29 is 9.90 Å². The van der Waals surface area contributed by atoms with Crippen molar-refractivity contribution in [1.29, 1.82) is 0 Å². The summed E-state index contributed by atoms with van der Waals surface area (Å²) in [6.07, 6.45) is 12.1. The molecule has 25 heavy (non-hydrogen) atoms. The second-order valence-corrected chi connectivity index (χ2v) is 5.99. The summed E-state index contributed by atoms with van der Waals surface area (Å²) in [5.41, 5.74) is 0. The highest BCUT2D eigenvalue weighted by molar-refractivity contribution is 5.70. The molecule has 3 nitrogen and oxygen atoms in total. The van der Waals surface area contributed by atoms with Gasteiger partial charge in [-0.3, -0.25) is 4.79 Å². The minimum atomic E-state index is -0.645. The van der Waals surface area contributed by atoms with E-state index in [2.05, 4.69) is 63.5 Å². The van der Waals surface area contributed by atoms with Crippen molar-refractivity contribution >= 4 is 5.97 Å². The molecule has 148 valence electrons. The summed E-state index contributed by atoms with van der Waals surface area (Å²) in [5, 5.41) is 8.69. The maximum absolute atomic E-state index is 10.5. The van der Waals surface area contributed by atoms with E-state index in [-0.39, 0.29) is 5.92 Å². The number of likely N-dealkylation sites (tertiary alicyclic amines) is 1. The van der Waals surface area contributed by atoms with Crippen molar-refractivity contribution in [3.63, 3.8) is 0 Å². The van der Waals surface area contributed by atoms with E-state index in [1.165, 1.54) is 0 Å². The molecule has 0 amide bonds. The van der Waals surface area contributed by atoms with E-state index >= 15 is 0 Å². The van der Waals surface area contributed by atoms with Crippen LogP contribution in [-0.2, 0) is 4.79 Å². The summed E-state index contributed by atoms with van der Waals surface area (Å²) >= 11 is 0. The molecular weight excluding hydrogens is 310 g/mol. The van der Waals surface area contributed by atoms with Crippen molar-refractivity contribution in [3.8, 4) is 0 Å². The standard InChI is InChI=1S/C10H16.C8H15NO2.2C2H6/c1-4-5-6-7-8-9-10(2)3;1-6(2)9-4-3-7(5-9)8(10)11;2*1-2/h4,6-10H,1,5H2,2-3H3;6-7H,3-5H2,1-2H3,(H,10,11);2*1-2H3/b7-6?,9-8-;;;. The summed E-state index contributed by atoms with van der Waals surface area (Å²) < 4.78 is 0. The Morgan fingerprint density at radius 2 is 1.72 bits per heavy atom. The quantitative estimate of drug-likeness (QED) is 0.457. The van der Waals surface area contributed by atoms with E-state index < -0.39 is 5.97 Å². The molecule has 1 aliphatic heterocycles. The summed E-state index contributed by atoms with van der Waals surface area (Å²) in [6, 6.07) is 0.486. The molecule has 0 spiro atoms. The molecule has 1 unspecified atom stereocenters. The van der Waals surface area contributed by atoms with Gasteiger partial charge in [0.1, 0.15) is 0 Å². The Hall–Kier alpha value is -1.35. The Kier molecular flexibility index (Phi) is 23.6. The highest BCUT2D eigenvalue weighted by Gasteiger charge is 2.28. The fourth-order valence-electron chi connectivity index (χ4n) is 2.00. The zero-order chi connectivity index (χ0) is 20.3. The second-order valence-electron chi connectivity index (χ2n) is 5.99. The van der Waals surface area contributed by atoms with E-state index in [1.54, 1.807) is 0 Å². The van der Waals surface area contributed by atoms with Crippen LogP contribution >= 0.6 is 0 Å². The van der Waals surface area contributed by atoms with Crippen LogP contribution in [-0.4, -0.2) is 35.1 Å². The van der Waals surface area contributed by atoms with Gasteiger partial charge in [-0.15, -0.1) is 6.58 Å². The molecule has 0 aromatic heterocycles. The molecule has 0 radical (unpaired) electrons. The summed E-state index contributed by atoms with van der Waals surface area (Å²) in [4.78, 5) is 12.8. The number of aliphatic carboxylic acids is 1. The van der Waals surface area contributed by atoms with Gasteiger partial charge in [-0.05, 0) is 39.2 Å². The van der Waals surface area contributed by atoms with Crippen LogP contribution in [0, 0.1) is 11.8 Å². The third-order valence-corrected chi connectivity index (χ3v) is 3.35. The average Bonchev–Trinajstić information content (AvgIpc) is 3.09. The number of hydrogen-bond acceptors (Lipinski definition) is 2. The van der Waals surface area contributed by atoms with Crippen LogP contribution in [0.3, 0.4) is 0 Å². The number of carbonyl (C=O) groups is 1. The Morgan fingerprint density at radius 1 is 1.16 bits per heavy atom. The smallest absolute Gasteiger partial charge is 0.307 e. The van der Waals surface area contributed by atoms with Gasteiger partial charge in [0, 0.05) is 12.6 Å². The third kappa shape index (κ3) is 18.8. The first-order chi connectivity index (χ1) is 11.9. The lowest BCUT2D eigenvalue weighted by Gasteiger charge is -2.19. The van der Waals surface area contributed by atoms with Gasteiger partial charge in [0.2, 0.25) is 0 Å². The molecule has 0 aromatic rings. The maximum atomic E-state index is 10.5. The zero-order valence-corrected chi connectivity index (χ0v) is 18.0. The van der Waals surface area contributed by atoms with Gasteiger partial charge >= 0.3 is 5.97 Å². The molecule has 1 atom stereocenters. The fourth-order valence-corrected chi connectivity index (χ4v) is 2.00. The maximum Gasteiger partial charge on any atom is 0.307 e. The van der Waals surface area contributed by atoms with Gasteiger partial charge in [0.05, 0.1) is 5.92 Å². The molecule has 1 saturated heterocycles. The van der Waals surface area contributed by atoms with Gasteiger partial charge < -0.3 is 10.0 Å². The SMILES string of the molecule is C=CCC=C/C=C\C(C)C.CC.CC.CC(C)N1CCC(C(=O)O)C1. The van der Waals surface area contributed by atoms with E-state index in [1.807, 2.05) is 33.8 Å². The van der Waals surface area contributed by atoms with Crippen LogP contribution in [0.4, 0.5) is 0 Å². The molecule has 1 N–H and O–H groups in total. The van der Waals surface area contributed by atoms with Crippen LogP contribution in [0.1, 0.15) is 68.2 Å². The minimum absolute atomic E-state index is 0.127. The van der Waals surface area contributed by atoms with Gasteiger partial charge in [-0.2, -0.15) is 0 Å². The lowest BCUT2D eigenvalue weighted by atomic mass is 10.1. The molecule has 3 heteroatoms. The van der Waals surface area contributed by atoms with Gasteiger partial charge in [-0.1, -0.05) is 71.9 Å². The first-order valence-electron chi connectivity index (χ1n) is 9.79. The molecule has 1 fully saturated rings. The molecule has 0 bridgehead atoms. The average molecular weight is 354 g/mol. The lowest BCUT2D eigenvalue weighted by molar-refractivity contribution is -0.141. The lowest BCUT2D eigenvalue weighted by Crippen LogP contribution is -2.29. The van der Waals surface area contributed by atoms with E-state index in [0.717, 1.165) is 25.9 Å². The predicted octanol–water partition coefficient (Wildman–Crippen LogP) is 6.18. The largest absolute Gasteiger partial charge is 0.481 e. The van der Waals surface area contributed by atoms with Crippen molar-refractivity contribution in [2.24, 2.45) is 11.8 Å². The zero-order valence-electron chi connectivity index (χ0n) is 18.0. The number of rotatable bonds is 6. The van der Waals surface area contributed by atoms with Crippen LogP contribution in [0.15, 0.2) is 37.0 Å². The fraction of sp³-hybridized carbons (Fsp3) is 0.682. The van der Waals surface area contributed by atoms with E-state index in [9.17, 15) is 4.79 Å². The Labute approximate surface area is 157 Å². The van der Waals surface area contributed by atoms with Crippen molar-refractivity contribution in [1.82, 2.24) is 4.90 Å². The molecule has 1 aliphatic rings. The monoisotopic (exact) mass is 353 g/mol. The van der Waals surface area contributed by atoms with Crippen LogP contribution in [0.2, 0.25) is 0 Å². The molecule has 1 rings (SSSR count). The Morgan fingerprint density at radius 3 is 2.04 bits per heavy atom. The van der Waals surface area contributed by atoms with Gasteiger partial charge in [0.25, 0.3) is 0 Å². The van der Waals surface area contributed by atoms with Crippen molar-refractivity contribution in [2.75, 3.05) is 13.1 Å². The third-order valence-electron chi connectivity index (χ3n) is 3.35. The van der Waals surface area contributed by atoms with Crippen molar-refractivity contribution in [2.45, 2.75) is 74.3 Å². The predicted molar refractivity (Wildman–Crippen MR) is 113 cm³/mol. The Bertz CT molecular complexity index is 357. The van der Waals surface area contributed by atoms with E-state index in [0.29, 0.717) is 12.0 Å². The summed E-state index contributed by atoms with van der Waals surface area (Å²) in [7, 11) is 0. The first-order valence-corrected chi connectivity index (χ1v) is 9.79. The highest BCUT2D eigenvalue weighted by atomic mass is 16.4. The van der Waals surface area contributed by atoms with Gasteiger partial charge in [-0.25, -0.2) is 0 Å². The number of carboxylic acids is 1. The van der Waals surface area contributed by atoms with Crippen LogP contribution in [0.25, 0.3) is 0 Å². The topological polar surface area (TPSA) is 40.5 Å². The first kappa shape index (κ1) is 28.5. The molecule has 0 aliphatic carbocycles.